The van der Waals surface area contributed by atoms with Crippen LogP contribution >= 0.6 is 0 Å². The van der Waals surface area contributed by atoms with Crippen LogP contribution in [0.1, 0.15) is 16.7 Å². The topological polar surface area (TPSA) is 77.7 Å². The van der Waals surface area contributed by atoms with Gasteiger partial charge < -0.3 is 4.98 Å². The molecule has 2 aromatic heterocycles. The van der Waals surface area contributed by atoms with Crippen LogP contribution in [0, 0.1) is 48.3 Å². The summed E-state index contributed by atoms with van der Waals surface area (Å²) in [6.45, 7) is 9.32. The molecular formula is C32H19IrN5-2. The Balaban J connectivity index is 0.000000258. The van der Waals surface area contributed by atoms with Gasteiger partial charge >= 0.3 is 0 Å². The van der Waals surface area contributed by atoms with Crippen LogP contribution in [-0.4, -0.2) is 9.97 Å². The summed E-state index contributed by atoms with van der Waals surface area (Å²) in [5.74, 6) is 0. The van der Waals surface area contributed by atoms with Crippen molar-refractivity contribution in [1.29, 1.82) is 10.5 Å². The fourth-order valence-corrected chi connectivity index (χ4v) is 3.68. The van der Waals surface area contributed by atoms with Gasteiger partial charge in [0.25, 0.3) is 5.69 Å². The van der Waals surface area contributed by atoms with Gasteiger partial charge in [-0.3, -0.25) is 4.98 Å². The molecule has 0 saturated carbocycles. The molecule has 5 nitrogen and oxygen atoms in total. The SMILES string of the molecule is [C-]#[N+]c1cc(C#N)c(C#N)[c-]c1-c1cc(C)c(-c2ccccc2)cn1.[Ir].[c-]1ccccc1-c1ccccn1. The second-order valence-electron chi connectivity index (χ2n) is 7.90. The summed E-state index contributed by atoms with van der Waals surface area (Å²) in [4.78, 5) is 12.1. The molecule has 5 aromatic rings. The van der Waals surface area contributed by atoms with Crippen molar-refractivity contribution in [3.05, 3.63) is 138 Å². The Bertz CT molecular complexity index is 1610. The molecule has 0 atom stereocenters. The third kappa shape index (κ3) is 6.44. The number of nitriles is 2. The zero-order valence-corrected chi connectivity index (χ0v) is 22.7. The van der Waals surface area contributed by atoms with Gasteiger partial charge in [-0.05, 0) is 53.1 Å². The third-order valence-electron chi connectivity index (χ3n) is 5.51. The van der Waals surface area contributed by atoms with E-state index in [1.54, 1.807) is 12.4 Å². The molecule has 0 amide bonds. The second-order valence-corrected chi connectivity index (χ2v) is 7.90. The first-order valence-corrected chi connectivity index (χ1v) is 11.3. The number of rotatable bonds is 3. The van der Waals surface area contributed by atoms with E-state index in [9.17, 15) is 5.26 Å². The zero-order chi connectivity index (χ0) is 26.0. The molecule has 0 N–H and O–H groups in total. The van der Waals surface area contributed by atoms with Gasteiger partial charge in [0.05, 0.1) is 6.07 Å². The summed E-state index contributed by atoms with van der Waals surface area (Å²) in [6, 6.07) is 36.8. The summed E-state index contributed by atoms with van der Waals surface area (Å²) in [6.07, 6.45) is 3.54. The van der Waals surface area contributed by atoms with Crippen LogP contribution in [0.5, 0.6) is 0 Å². The van der Waals surface area contributed by atoms with E-state index in [0.29, 0.717) is 11.3 Å². The van der Waals surface area contributed by atoms with E-state index >= 15 is 0 Å². The minimum Gasteiger partial charge on any atom is -0.305 e. The molecule has 0 unspecified atom stereocenters. The zero-order valence-electron chi connectivity index (χ0n) is 20.3. The number of hydrogen-bond donors (Lipinski definition) is 0. The molecule has 0 fully saturated rings. The average Bonchev–Trinajstić information content (AvgIpc) is 2.98. The average molecular weight is 666 g/mol. The molecule has 0 spiro atoms. The number of aromatic nitrogens is 2. The van der Waals surface area contributed by atoms with Gasteiger partial charge in [0.15, 0.2) is 0 Å². The summed E-state index contributed by atoms with van der Waals surface area (Å²) in [7, 11) is 0. The van der Waals surface area contributed by atoms with E-state index in [4.69, 9.17) is 11.8 Å². The van der Waals surface area contributed by atoms with Crippen molar-refractivity contribution in [2.24, 2.45) is 0 Å². The largest absolute Gasteiger partial charge is 0.305 e. The minimum absolute atomic E-state index is 0. The molecule has 3 aromatic carbocycles. The molecule has 1 radical (unpaired) electrons. The predicted molar refractivity (Wildman–Crippen MR) is 143 cm³/mol. The molecule has 0 aliphatic rings. The molecule has 2 heterocycles. The Kier molecular flexibility index (Phi) is 9.76. The molecule has 0 aliphatic carbocycles. The Morgan fingerprint density at radius 3 is 2.24 bits per heavy atom. The van der Waals surface area contributed by atoms with Crippen molar-refractivity contribution in [1.82, 2.24) is 9.97 Å². The van der Waals surface area contributed by atoms with Gasteiger partial charge in [0, 0.05) is 49.3 Å². The predicted octanol–water partition coefficient (Wildman–Crippen LogP) is 7.36. The van der Waals surface area contributed by atoms with Crippen molar-refractivity contribution in [3.8, 4) is 45.8 Å². The van der Waals surface area contributed by atoms with Crippen LogP contribution in [0.25, 0.3) is 38.5 Å². The number of hydrogen-bond acceptors (Lipinski definition) is 4. The maximum absolute atomic E-state index is 9.20. The first-order chi connectivity index (χ1) is 18.1. The van der Waals surface area contributed by atoms with Gasteiger partial charge in [-0.15, -0.1) is 35.9 Å². The van der Waals surface area contributed by atoms with Gasteiger partial charge in [0.1, 0.15) is 6.57 Å². The van der Waals surface area contributed by atoms with Crippen molar-refractivity contribution in [2.45, 2.75) is 6.92 Å². The summed E-state index contributed by atoms with van der Waals surface area (Å²) >= 11 is 0. The summed E-state index contributed by atoms with van der Waals surface area (Å²) in [5, 5.41) is 18.3. The van der Waals surface area contributed by atoms with Gasteiger partial charge in [0.2, 0.25) is 0 Å². The first-order valence-electron chi connectivity index (χ1n) is 11.3. The fourth-order valence-electron chi connectivity index (χ4n) is 3.68. The quantitative estimate of drug-likeness (QED) is 0.189. The van der Waals surface area contributed by atoms with Crippen LogP contribution in [0.3, 0.4) is 0 Å². The van der Waals surface area contributed by atoms with Crippen molar-refractivity contribution in [2.75, 3.05) is 0 Å². The molecule has 0 aliphatic heterocycles. The van der Waals surface area contributed by atoms with E-state index in [0.717, 1.165) is 27.9 Å². The molecule has 183 valence electrons. The Labute approximate surface area is 235 Å². The normalized spacial score (nSPS) is 9.42. The van der Waals surface area contributed by atoms with Crippen molar-refractivity contribution < 1.29 is 20.1 Å². The standard InChI is InChI=1S/C21H11N4.C11H8N.Ir/c1-14-8-21(25-13-19(14)15-6-4-3-5-7-15)18-9-16(11-22)17(12-23)10-20(18)24-2;1-2-6-10(7-3-1)11-8-4-5-9-12-11;/h3-8,10,13H,1H3;1-6,8-9H;/q2*-1;. The molecule has 5 rings (SSSR count). The smallest absolute Gasteiger partial charge is 0.254 e. The number of aryl methyl sites for hydroxylation is 1. The van der Waals surface area contributed by atoms with Crippen LogP contribution in [-0.2, 0) is 20.1 Å². The first kappa shape index (κ1) is 27.7. The van der Waals surface area contributed by atoms with Crippen molar-refractivity contribution in [3.63, 3.8) is 0 Å². The summed E-state index contributed by atoms with van der Waals surface area (Å²) in [5.41, 5.74) is 6.60. The monoisotopic (exact) mass is 666 g/mol. The number of pyridine rings is 2. The van der Waals surface area contributed by atoms with Gasteiger partial charge in [-0.2, -0.15) is 4.85 Å². The Morgan fingerprint density at radius 2 is 1.63 bits per heavy atom. The van der Waals surface area contributed by atoms with E-state index in [1.807, 2.05) is 97.9 Å². The molecule has 0 saturated heterocycles. The van der Waals surface area contributed by atoms with Gasteiger partial charge in [-0.25, -0.2) is 10.5 Å². The number of benzene rings is 3. The van der Waals surface area contributed by atoms with Crippen LogP contribution < -0.4 is 0 Å². The van der Waals surface area contributed by atoms with Crippen LogP contribution in [0.4, 0.5) is 5.69 Å². The van der Waals surface area contributed by atoms with Crippen LogP contribution in [0.15, 0.2) is 97.3 Å². The maximum Gasteiger partial charge on any atom is 0.254 e. The van der Waals surface area contributed by atoms with Crippen molar-refractivity contribution >= 4 is 5.69 Å². The Morgan fingerprint density at radius 1 is 0.868 bits per heavy atom. The molecular weight excluding hydrogens is 647 g/mol. The van der Waals surface area contributed by atoms with E-state index in [1.165, 1.54) is 6.07 Å². The molecule has 0 bridgehead atoms. The van der Waals surface area contributed by atoms with E-state index in [-0.39, 0.29) is 36.9 Å². The second kappa shape index (κ2) is 13.4. The van der Waals surface area contributed by atoms with E-state index < -0.39 is 0 Å². The fraction of sp³-hybridized carbons (Fsp3) is 0.0312. The molecule has 6 heteroatoms. The van der Waals surface area contributed by atoms with Gasteiger partial charge in [-0.1, -0.05) is 54.6 Å². The summed E-state index contributed by atoms with van der Waals surface area (Å²) < 4.78 is 0. The molecule has 38 heavy (non-hydrogen) atoms. The third-order valence-corrected chi connectivity index (χ3v) is 5.51. The van der Waals surface area contributed by atoms with Crippen LogP contribution in [0.2, 0.25) is 0 Å². The Hall–Kier alpha value is -4.92. The number of nitrogens with zero attached hydrogens (tertiary/aromatic N) is 5. The minimum atomic E-state index is 0. The maximum atomic E-state index is 9.20. The van der Waals surface area contributed by atoms with E-state index in [2.05, 4.69) is 26.9 Å².